The lowest BCUT2D eigenvalue weighted by atomic mass is 9.56. The molecule has 186 valence electrons. The lowest BCUT2D eigenvalue weighted by Gasteiger charge is -2.49. The number of fused-ring (bicyclic) bond motifs is 2. The molecule has 1 amide bonds. The van der Waals surface area contributed by atoms with Gasteiger partial charge in [-0.05, 0) is 73.3 Å². The highest BCUT2D eigenvalue weighted by Crippen LogP contribution is 2.77. The predicted octanol–water partition coefficient (Wildman–Crippen LogP) is 4.89. The Balaban J connectivity index is 1.15. The Morgan fingerprint density at radius 3 is 2.78 bits per heavy atom. The van der Waals surface area contributed by atoms with E-state index >= 15 is 0 Å². The average Bonchev–Trinajstić information content (AvgIpc) is 3.53. The third-order valence-electron chi connectivity index (χ3n) is 9.81. The van der Waals surface area contributed by atoms with E-state index in [0.717, 1.165) is 40.1 Å². The maximum absolute atomic E-state index is 13.7. The van der Waals surface area contributed by atoms with Crippen molar-refractivity contribution in [3.8, 4) is 34.3 Å². The van der Waals surface area contributed by atoms with Crippen molar-refractivity contribution in [2.75, 3.05) is 21.3 Å². The van der Waals surface area contributed by atoms with Crippen molar-refractivity contribution >= 4 is 6.03 Å². The van der Waals surface area contributed by atoms with Crippen molar-refractivity contribution in [2.24, 2.45) is 23.2 Å². The van der Waals surface area contributed by atoms with Crippen LogP contribution in [0.25, 0.3) is 22.4 Å². The molecule has 1 aromatic carbocycles. The number of hydrogen-bond acceptors (Lipinski definition) is 6. The van der Waals surface area contributed by atoms with Gasteiger partial charge in [0.1, 0.15) is 6.33 Å². The van der Waals surface area contributed by atoms with Gasteiger partial charge >= 0.3 is 12.0 Å². The average molecular weight is 486 g/mol. The van der Waals surface area contributed by atoms with Gasteiger partial charge in [0.15, 0.2) is 0 Å². The quantitative estimate of drug-likeness (QED) is 0.512. The molecule has 4 saturated carbocycles. The first kappa shape index (κ1) is 21.8. The molecule has 5 unspecified atom stereocenters. The molecule has 4 fully saturated rings. The van der Waals surface area contributed by atoms with Crippen LogP contribution in [0.2, 0.25) is 0 Å². The summed E-state index contributed by atoms with van der Waals surface area (Å²) in [5, 5.41) is 0. The summed E-state index contributed by atoms with van der Waals surface area (Å²) in [6.07, 6.45) is 12.9. The number of rotatable bonds is 5. The van der Waals surface area contributed by atoms with E-state index in [-0.39, 0.29) is 17.6 Å². The molecule has 7 rings (SSSR count). The summed E-state index contributed by atoms with van der Waals surface area (Å²) in [4.78, 5) is 28.8. The first-order chi connectivity index (χ1) is 17.4. The Morgan fingerprint density at radius 2 is 1.94 bits per heavy atom. The largest absolute Gasteiger partial charge is 0.480 e. The fraction of sp³-hybridized carbons (Fsp3) is 0.500. The molecule has 1 spiro atoms. The molecule has 8 heteroatoms. The number of aromatic nitrogens is 4. The Bertz CT molecular complexity index is 1370. The summed E-state index contributed by atoms with van der Waals surface area (Å²) in [6, 6.07) is 8.22. The molecule has 0 saturated heterocycles. The van der Waals surface area contributed by atoms with E-state index in [1.54, 1.807) is 24.2 Å². The van der Waals surface area contributed by atoms with Crippen LogP contribution in [0.3, 0.4) is 0 Å². The molecule has 0 N–H and O–H groups in total. The Labute approximate surface area is 210 Å². The van der Waals surface area contributed by atoms with E-state index in [2.05, 4.69) is 19.9 Å². The summed E-state index contributed by atoms with van der Waals surface area (Å²) < 4.78 is 12.2. The fourth-order valence-corrected chi connectivity index (χ4v) is 8.31. The summed E-state index contributed by atoms with van der Waals surface area (Å²) in [6.45, 7) is 0. The summed E-state index contributed by atoms with van der Waals surface area (Å²) in [5.41, 5.74) is 3.88. The van der Waals surface area contributed by atoms with Gasteiger partial charge in [-0.25, -0.2) is 14.8 Å². The van der Waals surface area contributed by atoms with Gasteiger partial charge in [0.05, 0.1) is 25.5 Å². The van der Waals surface area contributed by atoms with Crippen molar-refractivity contribution in [1.82, 2.24) is 24.4 Å². The maximum Gasteiger partial charge on any atom is 0.329 e. The molecule has 4 aliphatic rings. The van der Waals surface area contributed by atoms with Crippen LogP contribution < -0.4 is 9.47 Å². The minimum atomic E-state index is 0.0190. The topological polar surface area (TPSA) is 82.4 Å². The number of ether oxygens (including phenoxy) is 2. The fourth-order valence-electron chi connectivity index (χ4n) is 8.31. The summed E-state index contributed by atoms with van der Waals surface area (Å²) >= 11 is 0. The normalized spacial score (nSPS) is 31.1. The van der Waals surface area contributed by atoms with Gasteiger partial charge in [-0.2, -0.15) is 4.98 Å². The second-order valence-corrected chi connectivity index (χ2v) is 11.3. The highest BCUT2D eigenvalue weighted by molar-refractivity contribution is 5.80. The van der Waals surface area contributed by atoms with E-state index < -0.39 is 0 Å². The second kappa shape index (κ2) is 7.54. The first-order valence-electron chi connectivity index (χ1n) is 12.8. The van der Waals surface area contributed by atoms with Crippen LogP contribution in [0.1, 0.15) is 38.5 Å². The molecule has 2 heterocycles. The first-order valence-corrected chi connectivity index (χ1v) is 12.8. The van der Waals surface area contributed by atoms with Crippen LogP contribution >= 0.6 is 0 Å². The number of amides is 1. The van der Waals surface area contributed by atoms with Crippen LogP contribution in [-0.4, -0.2) is 57.3 Å². The van der Waals surface area contributed by atoms with E-state index in [1.807, 2.05) is 37.5 Å². The molecule has 0 radical (unpaired) electrons. The van der Waals surface area contributed by atoms with Crippen molar-refractivity contribution in [1.29, 1.82) is 0 Å². The van der Waals surface area contributed by atoms with E-state index in [4.69, 9.17) is 9.47 Å². The number of benzene rings is 1. The zero-order chi connectivity index (χ0) is 24.7. The van der Waals surface area contributed by atoms with Gasteiger partial charge in [-0.1, -0.05) is 18.2 Å². The van der Waals surface area contributed by atoms with E-state index in [1.165, 1.54) is 45.6 Å². The third-order valence-corrected chi connectivity index (χ3v) is 9.81. The Morgan fingerprint density at radius 1 is 1.08 bits per heavy atom. The lowest BCUT2D eigenvalue weighted by Crippen LogP contribution is -2.52. The molecule has 2 aromatic heterocycles. The number of hydrogen-bond donors (Lipinski definition) is 0. The van der Waals surface area contributed by atoms with Crippen LogP contribution in [0.5, 0.6) is 11.9 Å². The van der Waals surface area contributed by atoms with Crippen LogP contribution in [-0.2, 0) is 0 Å². The van der Waals surface area contributed by atoms with Crippen molar-refractivity contribution < 1.29 is 14.3 Å². The van der Waals surface area contributed by atoms with Crippen molar-refractivity contribution in [3.63, 3.8) is 0 Å². The molecule has 5 atom stereocenters. The maximum atomic E-state index is 13.7. The zero-order valence-electron chi connectivity index (χ0n) is 21.0. The minimum absolute atomic E-state index is 0.0190. The van der Waals surface area contributed by atoms with Crippen LogP contribution in [0, 0.1) is 23.2 Å². The van der Waals surface area contributed by atoms with Gasteiger partial charge in [0.2, 0.25) is 5.88 Å². The molecule has 3 bridgehead atoms. The Hall–Kier alpha value is -3.42. The van der Waals surface area contributed by atoms with Gasteiger partial charge in [-0.3, -0.25) is 4.57 Å². The molecular weight excluding hydrogens is 454 g/mol. The van der Waals surface area contributed by atoms with Crippen LogP contribution in [0.15, 0.2) is 43.0 Å². The number of methoxy groups -OCH3 is 2. The molecule has 36 heavy (non-hydrogen) atoms. The number of carbonyl (C=O) groups excluding carboxylic acids is 1. The van der Waals surface area contributed by atoms with Crippen molar-refractivity contribution in [2.45, 2.75) is 44.1 Å². The second-order valence-electron chi connectivity index (χ2n) is 11.3. The number of carbonyl (C=O) groups is 1. The molecular formula is C28H31N5O3. The van der Waals surface area contributed by atoms with Gasteiger partial charge in [0, 0.05) is 30.5 Å². The van der Waals surface area contributed by atoms with E-state index in [9.17, 15) is 4.79 Å². The Kier molecular flexibility index (Phi) is 4.57. The third kappa shape index (κ3) is 2.93. The molecule has 8 nitrogen and oxygen atoms in total. The van der Waals surface area contributed by atoms with E-state index in [0.29, 0.717) is 11.3 Å². The predicted molar refractivity (Wildman–Crippen MR) is 134 cm³/mol. The molecule has 3 aromatic rings. The summed E-state index contributed by atoms with van der Waals surface area (Å²) in [7, 11) is 5.11. The minimum Gasteiger partial charge on any atom is -0.480 e. The van der Waals surface area contributed by atoms with Gasteiger partial charge in [0.25, 0.3) is 0 Å². The highest BCUT2D eigenvalue weighted by atomic mass is 16.5. The number of imidazole rings is 1. The lowest BCUT2D eigenvalue weighted by molar-refractivity contribution is -0.00417. The standard InChI is InChI=1S/C28H31N5O3/c1-32(27-10-17-7-20-9-21(12-27)28(20,11-17)15-27)26(34)33-14-23(30-16-33)19-6-4-5-18(8-19)22-13-29-25(36-3)31-24(22)35-2/h4-6,8,13-14,16-17,20-21H,7,9-12,15H2,1-3H3. The SMILES string of the molecule is COc1ncc(-c2cccc(-c3cn(C(=O)N(C)C45CC6CC7CC(C4)C7(C6)C5)cn3)c2)c(OC)n1. The zero-order valence-corrected chi connectivity index (χ0v) is 21.0. The summed E-state index contributed by atoms with van der Waals surface area (Å²) in [5.74, 6) is 2.98. The monoisotopic (exact) mass is 485 g/mol. The highest BCUT2D eigenvalue weighted by Gasteiger charge is 2.72. The number of nitrogens with zero attached hydrogens (tertiary/aromatic N) is 5. The van der Waals surface area contributed by atoms with Crippen LogP contribution in [0.4, 0.5) is 4.79 Å². The molecule has 0 aliphatic heterocycles. The smallest absolute Gasteiger partial charge is 0.329 e. The van der Waals surface area contributed by atoms with Gasteiger partial charge < -0.3 is 14.4 Å². The molecule has 4 aliphatic carbocycles. The van der Waals surface area contributed by atoms with Gasteiger partial charge in [-0.15, -0.1) is 0 Å². The van der Waals surface area contributed by atoms with Crippen molar-refractivity contribution in [3.05, 3.63) is 43.0 Å².